The van der Waals surface area contributed by atoms with Crippen LogP contribution >= 0.6 is 0 Å². The van der Waals surface area contributed by atoms with E-state index in [2.05, 4.69) is 0 Å². The molecule has 0 aliphatic carbocycles. The van der Waals surface area contributed by atoms with Crippen LogP contribution in [0.2, 0.25) is 0 Å². The molecule has 0 radical (unpaired) electrons. The zero-order valence-electron chi connectivity index (χ0n) is 9.08. The second-order valence-corrected chi connectivity index (χ2v) is 3.73. The van der Waals surface area contributed by atoms with Crippen LogP contribution in [0, 0.1) is 17.5 Å². The van der Waals surface area contributed by atoms with Crippen LogP contribution in [0.3, 0.4) is 0 Å². The molecular weight excluding hydrogens is 243 g/mol. The van der Waals surface area contributed by atoms with Crippen LogP contribution in [-0.2, 0) is 0 Å². The normalized spacial score (nSPS) is 10.4. The second-order valence-electron chi connectivity index (χ2n) is 3.73. The number of nitrogens with two attached hydrogens (primary N) is 1. The zero-order valence-corrected chi connectivity index (χ0v) is 9.08. The molecule has 92 valence electrons. The number of ketones is 1. The Labute approximate surface area is 101 Å². The van der Waals surface area contributed by atoms with Crippen molar-refractivity contribution in [3.05, 3.63) is 65.0 Å². The lowest BCUT2D eigenvalue weighted by Gasteiger charge is -2.04. The number of anilines is 1. The standard InChI is InChI=1S/C13H8F3NO/c14-8-1-2-11(12(16)6-8)13(18)7-3-9(15)5-10(17)4-7/h1-6H,17H2. The van der Waals surface area contributed by atoms with E-state index in [1.807, 2.05) is 0 Å². The zero-order chi connectivity index (χ0) is 13.3. The van der Waals surface area contributed by atoms with Crippen LogP contribution in [0.4, 0.5) is 18.9 Å². The Morgan fingerprint density at radius 3 is 2.28 bits per heavy atom. The van der Waals surface area contributed by atoms with Crippen LogP contribution < -0.4 is 5.73 Å². The predicted octanol–water partition coefficient (Wildman–Crippen LogP) is 2.92. The van der Waals surface area contributed by atoms with Crippen molar-refractivity contribution in [2.45, 2.75) is 0 Å². The minimum Gasteiger partial charge on any atom is -0.399 e. The molecule has 0 atom stereocenters. The van der Waals surface area contributed by atoms with E-state index in [4.69, 9.17) is 5.73 Å². The van der Waals surface area contributed by atoms with Gasteiger partial charge in [0.15, 0.2) is 5.78 Å². The highest BCUT2D eigenvalue weighted by Crippen LogP contribution is 2.18. The number of halogens is 3. The second kappa shape index (κ2) is 4.52. The van der Waals surface area contributed by atoms with Gasteiger partial charge in [-0.3, -0.25) is 4.79 Å². The van der Waals surface area contributed by atoms with Crippen molar-refractivity contribution in [2.24, 2.45) is 0 Å². The predicted molar refractivity (Wildman–Crippen MR) is 60.6 cm³/mol. The summed E-state index contributed by atoms with van der Waals surface area (Å²) < 4.78 is 39.2. The molecule has 0 unspecified atom stereocenters. The molecule has 0 saturated heterocycles. The summed E-state index contributed by atoms with van der Waals surface area (Å²) in [6, 6.07) is 5.77. The monoisotopic (exact) mass is 251 g/mol. The summed E-state index contributed by atoms with van der Waals surface area (Å²) in [6.45, 7) is 0. The maximum Gasteiger partial charge on any atom is 0.196 e. The van der Waals surface area contributed by atoms with E-state index in [1.54, 1.807) is 0 Å². The molecule has 2 aromatic carbocycles. The van der Waals surface area contributed by atoms with Gasteiger partial charge in [0.1, 0.15) is 17.5 Å². The number of carbonyl (C=O) groups is 1. The van der Waals surface area contributed by atoms with Gasteiger partial charge in [0.2, 0.25) is 0 Å². The van der Waals surface area contributed by atoms with Gasteiger partial charge < -0.3 is 5.73 Å². The Hall–Kier alpha value is -2.30. The molecule has 18 heavy (non-hydrogen) atoms. The van der Waals surface area contributed by atoms with Crippen LogP contribution in [0.5, 0.6) is 0 Å². The SMILES string of the molecule is Nc1cc(F)cc(C(=O)c2ccc(F)cc2F)c1. The summed E-state index contributed by atoms with van der Waals surface area (Å²) in [7, 11) is 0. The highest BCUT2D eigenvalue weighted by atomic mass is 19.1. The largest absolute Gasteiger partial charge is 0.399 e. The average Bonchev–Trinajstić information content (AvgIpc) is 2.26. The smallest absolute Gasteiger partial charge is 0.196 e. The third kappa shape index (κ3) is 2.34. The number of benzene rings is 2. The van der Waals surface area contributed by atoms with Gasteiger partial charge in [-0.2, -0.15) is 0 Å². The highest BCUT2D eigenvalue weighted by molar-refractivity contribution is 6.09. The fourth-order valence-corrected chi connectivity index (χ4v) is 1.57. The topological polar surface area (TPSA) is 43.1 Å². The Morgan fingerprint density at radius 1 is 0.944 bits per heavy atom. The van der Waals surface area contributed by atoms with Crippen molar-refractivity contribution in [1.82, 2.24) is 0 Å². The minimum atomic E-state index is -0.997. The summed E-state index contributed by atoms with van der Waals surface area (Å²) in [5.74, 6) is -3.23. The van der Waals surface area contributed by atoms with Crippen LogP contribution in [0.15, 0.2) is 36.4 Å². The molecule has 0 bridgehead atoms. The number of hydrogen-bond acceptors (Lipinski definition) is 2. The first-order valence-corrected chi connectivity index (χ1v) is 5.03. The van der Waals surface area contributed by atoms with E-state index < -0.39 is 23.2 Å². The van der Waals surface area contributed by atoms with Crippen molar-refractivity contribution in [3.63, 3.8) is 0 Å². The molecule has 0 aliphatic heterocycles. The molecule has 0 aliphatic rings. The number of carbonyl (C=O) groups excluding carboxylic acids is 1. The minimum absolute atomic E-state index is 0.0564. The third-order valence-electron chi connectivity index (χ3n) is 2.36. The maximum atomic E-state index is 13.4. The van der Waals surface area contributed by atoms with Crippen molar-refractivity contribution < 1.29 is 18.0 Å². The first-order valence-electron chi connectivity index (χ1n) is 5.03. The van der Waals surface area contributed by atoms with Gasteiger partial charge in [-0.1, -0.05) is 0 Å². The molecule has 2 nitrogen and oxygen atoms in total. The average molecular weight is 251 g/mol. The number of rotatable bonds is 2. The lowest BCUT2D eigenvalue weighted by molar-refractivity contribution is 0.103. The van der Waals surface area contributed by atoms with Crippen LogP contribution in [0.1, 0.15) is 15.9 Å². The summed E-state index contributed by atoms with van der Waals surface area (Å²) in [5.41, 5.74) is 5.03. The molecule has 0 saturated carbocycles. The molecule has 2 rings (SSSR count). The van der Waals surface area contributed by atoms with Crippen LogP contribution in [-0.4, -0.2) is 5.78 Å². The summed E-state index contributed by atoms with van der Waals surface area (Å²) in [6.07, 6.45) is 0. The Kier molecular flexibility index (Phi) is 3.06. The Bertz CT molecular complexity index is 605. The van der Waals surface area contributed by atoms with E-state index >= 15 is 0 Å². The molecule has 2 aromatic rings. The quantitative estimate of drug-likeness (QED) is 0.658. The summed E-state index contributed by atoms with van der Waals surface area (Å²) in [4.78, 5) is 11.9. The molecule has 2 N–H and O–H groups in total. The van der Waals surface area contributed by atoms with Gasteiger partial charge in [-0.15, -0.1) is 0 Å². The van der Waals surface area contributed by atoms with Gasteiger partial charge in [-0.05, 0) is 30.3 Å². The molecule has 5 heteroatoms. The van der Waals surface area contributed by atoms with Gasteiger partial charge >= 0.3 is 0 Å². The van der Waals surface area contributed by atoms with Crippen molar-refractivity contribution >= 4 is 11.5 Å². The fraction of sp³-hybridized carbons (Fsp3) is 0. The van der Waals surface area contributed by atoms with Gasteiger partial charge in [0.05, 0.1) is 5.56 Å². The first-order chi connectivity index (χ1) is 8.47. The molecule has 0 fully saturated rings. The van der Waals surface area contributed by atoms with E-state index in [1.165, 1.54) is 6.07 Å². The molecular formula is C13H8F3NO. The maximum absolute atomic E-state index is 13.4. The molecule has 0 spiro atoms. The van der Waals surface area contributed by atoms with E-state index in [-0.39, 0.29) is 16.8 Å². The van der Waals surface area contributed by atoms with E-state index in [0.717, 1.165) is 24.3 Å². The highest BCUT2D eigenvalue weighted by Gasteiger charge is 2.15. The van der Waals surface area contributed by atoms with Crippen LogP contribution in [0.25, 0.3) is 0 Å². The van der Waals surface area contributed by atoms with E-state index in [9.17, 15) is 18.0 Å². The number of hydrogen-bond donors (Lipinski definition) is 1. The van der Waals surface area contributed by atoms with Gasteiger partial charge in [0.25, 0.3) is 0 Å². The van der Waals surface area contributed by atoms with Gasteiger partial charge in [0, 0.05) is 17.3 Å². The third-order valence-corrected chi connectivity index (χ3v) is 2.36. The summed E-state index contributed by atoms with van der Waals surface area (Å²) in [5, 5.41) is 0. The van der Waals surface area contributed by atoms with Crippen molar-refractivity contribution in [1.29, 1.82) is 0 Å². The first kappa shape index (κ1) is 12.2. The lowest BCUT2D eigenvalue weighted by atomic mass is 10.0. The van der Waals surface area contributed by atoms with Gasteiger partial charge in [-0.25, -0.2) is 13.2 Å². The lowest BCUT2D eigenvalue weighted by Crippen LogP contribution is -2.06. The molecule has 0 amide bonds. The Morgan fingerprint density at radius 2 is 1.67 bits per heavy atom. The van der Waals surface area contributed by atoms with E-state index in [0.29, 0.717) is 6.07 Å². The van der Waals surface area contributed by atoms with Crippen molar-refractivity contribution in [3.8, 4) is 0 Å². The fourth-order valence-electron chi connectivity index (χ4n) is 1.57. The molecule has 0 heterocycles. The summed E-state index contributed by atoms with van der Waals surface area (Å²) >= 11 is 0. The van der Waals surface area contributed by atoms with Crippen molar-refractivity contribution in [2.75, 3.05) is 5.73 Å². The Balaban J connectivity index is 2.47. The molecule has 0 aromatic heterocycles. The number of nitrogen functional groups attached to an aromatic ring is 1.